The normalized spacial score (nSPS) is 17.3. The van der Waals surface area contributed by atoms with Crippen molar-refractivity contribution in [3.05, 3.63) is 29.8 Å². The predicted molar refractivity (Wildman–Crippen MR) is 74.9 cm³/mol. The van der Waals surface area contributed by atoms with Gasteiger partial charge in [-0.05, 0) is 31.0 Å². The summed E-state index contributed by atoms with van der Waals surface area (Å²) in [6.45, 7) is 0. The van der Waals surface area contributed by atoms with Crippen LogP contribution in [-0.4, -0.2) is 25.0 Å². The maximum Gasteiger partial charge on any atom is 0.305 e. The monoisotopic (exact) mass is 308 g/mol. The molecule has 0 aliphatic heterocycles. The van der Waals surface area contributed by atoms with Crippen LogP contribution in [0.1, 0.15) is 37.7 Å². The molecule has 2 rings (SSSR count). The Morgan fingerprint density at radius 2 is 2.05 bits per heavy atom. The first-order valence-electron chi connectivity index (χ1n) is 6.63. The molecule has 0 bridgehead atoms. The van der Waals surface area contributed by atoms with Gasteiger partial charge in [0.05, 0.1) is 22.9 Å². The Balaban J connectivity index is 2.30. The van der Waals surface area contributed by atoms with Crippen LogP contribution in [0.25, 0.3) is 0 Å². The van der Waals surface area contributed by atoms with E-state index in [-0.39, 0.29) is 16.9 Å². The maximum atomic E-state index is 12.4. The van der Waals surface area contributed by atoms with E-state index < -0.39 is 21.5 Å². The summed E-state index contributed by atoms with van der Waals surface area (Å²) in [7, 11) is -3.84. The molecule has 1 aliphatic carbocycles. The van der Waals surface area contributed by atoms with Crippen LogP contribution in [0.2, 0.25) is 0 Å². The number of nitrogens with zero attached hydrogens (tertiary/aromatic N) is 1. The lowest BCUT2D eigenvalue weighted by atomic mass is 9.95. The Hall–Kier alpha value is -1.91. The summed E-state index contributed by atoms with van der Waals surface area (Å²) >= 11 is 0. The summed E-state index contributed by atoms with van der Waals surface area (Å²) < 4.78 is 27.4. The highest BCUT2D eigenvalue weighted by atomic mass is 32.2. The van der Waals surface area contributed by atoms with Gasteiger partial charge in [0.25, 0.3) is 0 Å². The fourth-order valence-corrected chi connectivity index (χ4v) is 4.24. The highest BCUT2D eigenvalue weighted by Crippen LogP contribution is 2.34. The van der Waals surface area contributed by atoms with Crippen molar-refractivity contribution in [2.75, 3.05) is 0 Å². The molecule has 112 valence electrons. The second kappa shape index (κ2) is 5.84. The highest BCUT2D eigenvalue weighted by molar-refractivity contribution is 7.89. The van der Waals surface area contributed by atoms with E-state index >= 15 is 0 Å². The standard InChI is InChI=1S/C14H16N2O4S/c15-10-11-4-3-5-12(8-11)21(19,20)16-14(9-13(17)18)6-1-2-7-14/h3-5,8,16H,1-2,6-7,9H2,(H,17,18). The summed E-state index contributed by atoms with van der Waals surface area (Å²) in [5.74, 6) is -1.02. The zero-order valence-corrected chi connectivity index (χ0v) is 12.2. The van der Waals surface area contributed by atoms with Crippen molar-refractivity contribution in [3.63, 3.8) is 0 Å². The van der Waals surface area contributed by atoms with E-state index in [0.717, 1.165) is 12.8 Å². The van der Waals surface area contributed by atoms with Gasteiger partial charge in [0.15, 0.2) is 0 Å². The molecular weight excluding hydrogens is 292 g/mol. The van der Waals surface area contributed by atoms with Crippen molar-refractivity contribution in [3.8, 4) is 6.07 Å². The average molecular weight is 308 g/mol. The predicted octanol–water partition coefficient (Wildman–Crippen LogP) is 1.62. The summed E-state index contributed by atoms with van der Waals surface area (Å²) in [5.41, 5.74) is -0.676. The average Bonchev–Trinajstić information content (AvgIpc) is 2.85. The fourth-order valence-electron chi connectivity index (χ4n) is 2.73. The van der Waals surface area contributed by atoms with Crippen molar-refractivity contribution >= 4 is 16.0 Å². The Kier molecular flexibility index (Phi) is 4.30. The number of nitrogens with one attached hydrogen (secondary N) is 1. The topological polar surface area (TPSA) is 107 Å². The van der Waals surface area contributed by atoms with Crippen LogP contribution in [0.5, 0.6) is 0 Å². The van der Waals surface area contributed by atoms with Gasteiger partial charge in [-0.2, -0.15) is 5.26 Å². The molecule has 0 unspecified atom stereocenters. The van der Waals surface area contributed by atoms with Crippen LogP contribution in [0.15, 0.2) is 29.2 Å². The molecule has 0 atom stereocenters. The number of hydrogen-bond donors (Lipinski definition) is 2. The molecule has 0 radical (unpaired) electrons. The van der Waals surface area contributed by atoms with Crippen LogP contribution >= 0.6 is 0 Å². The molecule has 1 aliphatic rings. The van der Waals surface area contributed by atoms with Gasteiger partial charge < -0.3 is 5.11 Å². The molecule has 0 amide bonds. The molecule has 0 saturated heterocycles. The second-order valence-corrected chi connectivity index (χ2v) is 6.99. The molecule has 1 aromatic carbocycles. The lowest BCUT2D eigenvalue weighted by molar-refractivity contribution is -0.138. The number of sulfonamides is 1. The number of aliphatic carboxylic acids is 1. The lowest BCUT2D eigenvalue weighted by Gasteiger charge is -2.28. The quantitative estimate of drug-likeness (QED) is 0.859. The van der Waals surface area contributed by atoms with Crippen LogP contribution < -0.4 is 4.72 Å². The zero-order chi connectivity index (χ0) is 15.5. The van der Waals surface area contributed by atoms with Crippen molar-refractivity contribution in [2.24, 2.45) is 0 Å². The molecule has 1 saturated carbocycles. The van der Waals surface area contributed by atoms with Crippen LogP contribution in [0.3, 0.4) is 0 Å². The Labute approximate surface area is 123 Å². The van der Waals surface area contributed by atoms with Crippen LogP contribution in [0.4, 0.5) is 0 Å². The van der Waals surface area contributed by atoms with Gasteiger partial charge in [-0.3, -0.25) is 4.79 Å². The summed E-state index contributed by atoms with van der Waals surface area (Å²) in [4.78, 5) is 11.0. The molecule has 21 heavy (non-hydrogen) atoms. The Morgan fingerprint density at radius 3 is 2.62 bits per heavy atom. The first kappa shape index (κ1) is 15.5. The third-order valence-electron chi connectivity index (χ3n) is 3.67. The Bertz CT molecular complexity index is 685. The number of carbonyl (C=O) groups is 1. The number of rotatable bonds is 5. The summed E-state index contributed by atoms with van der Waals surface area (Å²) in [6.07, 6.45) is 2.39. The molecular formula is C14H16N2O4S. The number of benzene rings is 1. The van der Waals surface area contributed by atoms with Gasteiger partial charge in [0.2, 0.25) is 10.0 Å². The molecule has 0 spiro atoms. The van der Waals surface area contributed by atoms with Crippen LogP contribution in [0, 0.1) is 11.3 Å². The van der Waals surface area contributed by atoms with E-state index in [1.54, 1.807) is 0 Å². The minimum absolute atomic E-state index is 0.0155. The van der Waals surface area contributed by atoms with E-state index in [0.29, 0.717) is 12.8 Å². The smallest absolute Gasteiger partial charge is 0.305 e. The van der Waals surface area contributed by atoms with Gasteiger partial charge in [-0.25, -0.2) is 13.1 Å². The molecule has 1 fully saturated rings. The number of carboxylic acid groups (broad SMARTS) is 1. The van der Waals surface area contributed by atoms with E-state index in [1.165, 1.54) is 24.3 Å². The first-order chi connectivity index (χ1) is 9.87. The third-order valence-corrected chi connectivity index (χ3v) is 5.25. The van der Waals surface area contributed by atoms with E-state index in [9.17, 15) is 13.2 Å². The van der Waals surface area contributed by atoms with E-state index in [4.69, 9.17) is 10.4 Å². The van der Waals surface area contributed by atoms with Gasteiger partial charge in [0, 0.05) is 5.54 Å². The van der Waals surface area contributed by atoms with E-state index in [1.807, 2.05) is 6.07 Å². The zero-order valence-electron chi connectivity index (χ0n) is 11.4. The highest BCUT2D eigenvalue weighted by Gasteiger charge is 2.39. The maximum absolute atomic E-state index is 12.4. The van der Waals surface area contributed by atoms with Crippen molar-refractivity contribution in [1.29, 1.82) is 5.26 Å². The molecule has 0 aromatic heterocycles. The van der Waals surface area contributed by atoms with Crippen molar-refractivity contribution in [1.82, 2.24) is 4.72 Å². The second-order valence-electron chi connectivity index (χ2n) is 5.30. The SMILES string of the molecule is N#Cc1cccc(S(=O)(=O)NC2(CC(=O)O)CCCC2)c1. The van der Waals surface area contributed by atoms with Crippen LogP contribution in [-0.2, 0) is 14.8 Å². The first-order valence-corrected chi connectivity index (χ1v) is 8.11. The molecule has 1 aromatic rings. The fraction of sp³-hybridized carbons (Fsp3) is 0.429. The lowest BCUT2D eigenvalue weighted by Crippen LogP contribution is -2.47. The van der Waals surface area contributed by atoms with Crippen molar-refractivity contribution in [2.45, 2.75) is 42.5 Å². The number of hydrogen-bond acceptors (Lipinski definition) is 4. The van der Waals surface area contributed by atoms with E-state index in [2.05, 4.69) is 4.72 Å². The minimum Gasteiger partial charge on any atom is -0.481 e. The molecule has 0 heterocycles. The van der Waals surface area contributed by atoms with Gasteiger partial charge in [-0.1, -0.05) is 18.9 Å². The van der Waals surface area contributed by atoms with Gasteiger partial charge in [0.1, 0.15) is 0 Å². The molecule has 6 nitrogen and oxygen atoms in total. The molecule has 7 heteroatoms. The number of carboxylic acids is 1. The summed E-state index contributed by atoms with van der Waals surface area (Å²) in [6, 6.07) is 7.57. The summed E-state index contributed by atoms with van der Waals surface area (Å²) in [5, 5.41) is 17.8. The largest absolute Gasteiger partial charge is 0.481 e. The minimum atomic E-state index is -3.84. The van der Waals surface area contributed by atoms with Crippen molar-refractivity contribution < 1.29 is 18.3 Å². The van der Waals surface area contributed by atoms with Gasteiger partial charge in [-0.15, -0.1) is 0 Å². The Morgan fingerprint density at radius 1 is 1.38 bits per heavy atom. The number of nitriles is 1. The van der Waals surface area contributed by atoms with Gasteiger partial charge >= 0.3 is 5.97 Å². The molecule has 2 N–H and O–H groups in total. The third kappa shape index (κ3) is 3.60.